The number of ether oxygens (including phenoxy) is 1. The van der Waals surface area contributed by atoms with Crippen LogP contribution in [0.5, 0.6) is 5.75 Å². The van der Waals surface area contributed by atoms with E-state index < -0.39 is 21.7 Å². The van der Waals surface area contributed by atoms with E-state index in [1.54, 1.807) is 34.9 Å². The van der Waals surface area contributed by atoms with Crippen molar-refractivity contribution in [1.29, 1.82) is 0 Å². The summed E-state index contributed by atoms with van der Waals surface area (Å²) in [6.07, 6.45) is -0.270. The van der Waals surface area contributed by atoms with E-state index in [9.17, 15) is 23.1 Å². The molecule has 0 spiro atoms. The molecule has 1 atom stereocenters. The first-order valence-electron chi connectivity index (χ1n) is 14.0. The minimum absolute atomic E-state index is 0.0549. The lowest BCUT2D eigenvalue weighted by Gasteiger charge is -2.40. The monoisotopic (exact) mass is 579 g/mol. The van der Waals surface area contributed by atoms with Crippen LogP contribution in [-0.4, -0.2) is 77.7 Å². The van der Waals surface area contributed by atoms with Gasteiger partial charge in [-0.05, 0) is 72.2 Å². The van der Waals surface area contributed by atoms with Gasteiger partial charge in [0.05, 0.1) is 5.75 Å². The number of hydrogen-bond acceptors (Lipinski definition) is 8. The quantitative estimate of drug-likeness (QED) is 0.393. The lowest BCUT2D eigenvalue weighted by atomic mass is 10.0. The molecule has 224 valence electrons. The van der Waals surface area contributed by atoms with Crippen LogP contribution in [0, 0.1) is 0 Å². The fourth-order valence-electron chi connectivity index (χ4n) is 4.85. The Bertz CT molecular complexity index is 1360. The average Bonchev–Trinajstić information content (AvgIpc) is 2.84. The van der Waals surface area contributed by atoms with Crippen LogP contribution in [0.2, 0.25) is 0 Å². The van der Waals surface area contributed by atoms with E-state index in [0.29, 0.717) is 56.4 Å². The van der Waals surface area contributed by atoms with Crippen LogP contribution in [0.15, 0.2) is 39.9 Å². The van der Waals surface area contributed by atoms with Crippen molar-refractivity contribution >= 4 is 21.5 Å². The van der Waals surface area contributed by atoms with Crippen molar-refractivity contribution in [2.24, 2.45) is 0 Å². The third-order valence-electron chi connectivity index (χ3n) is 7.09. The number of rotatable bonds is 12. The predicted molar refractivity (Wildman–Crippen MR) is 159 cm³/mol. The molecule has 1 saturated heterocycles. The fourth-order valence-corrected chi connectivity index (χ4v) is 5.98. The van der Waals surface area contributed by atoms with E-state index >= 15 is 0 Å². The Morgan fingerprint density at radius 3 is 2.08 bits per heavy atom. The zero-order valence-electron chi connectivity index (χ0n) is 24.8. The molecule has 1 aliphatic rings. The maximum atomic E-state index is 13.1. The average molecular weight is 580 g/mol. The van der Waals surface area contributed by atoms with E-state index in [1.807, 2.05) is 48.5 Å². The minimum atomic E-state index is -3.37. The lowest BCUT2D eigenvalue weighted by Crippen LogP contribution is -2.54. The van der Waals surface area contributed by atoms with Gasteiger partial charge in [-0.15, -0.1) is 0 Å². The highest BCUT2D eigenvalue weighted by Gasteiger charge is 2.33. The number of piperazine rings is 1. The van der Waals surface area contributed by atoms with Crippen molar-refractivity contribution < 1.29 is 18.3 Å². The van der Waals surface area contributed by atoms with Gasteiger partial charge in [-0.3, -0.25) is 23.6 Å². The Morgan fingerprint density at radius 1 is 0.975 bits per heavy atom. The summed E-state index contributed by atoms with van der Waals surface area (Å²) < 4.78 is 35.6. The molecule has 1 aliphatic heterocycles. The third-order valence-corrected chi connectivity index (χ3v) is 8.59. The minimum Gasteiger partial charge on any atom is -0.485 e. The van der Waals surface area contributed by atoms with Gasteiger partial charge in [0.25, 0.3) is 5.56 Å². The van der Waals surface area contributed by atoms with Crippen molar-refractivity contribution in [3.63, 3.8) is 0 Å². The summed E-state index contributed by atoms with van der Waals surface area (Å²) in [4.78, 5) is 30.1. The van der Waals surface area contributed by atoms with Crippen molar-refractivity contribution in [3.05, 3.63) is 51.2 Å². The van der Waals surface area contributed by atoms with E-state index in [2.05, 4.69) is 14.5 Å². The highest BCUT2D eigenvalue weighted by molar-refractivity contribution is 7.92. The van der Waals surface area contributed by atoms with Gasteiger partial charge < -0.3 is 14.7 Å². The number of nitrogens with one attached hydrogen (secondary N) is 1. The van der Waals surface area contributed by atoms with Crippen molar-refractivity contribution in [1.82, 2.24) is 14.0 Å². The topological polar surface area (TPSA) is 126 Å². The number of β-amino-alcohol motifs (C(OH)–C–C–N with tert-alkyl or cyclic N) is 1. The molecule has 0 amide bonds. The first kappa shape index (κ1) is 31.7. The lowest BCUT2D eigenvalue weighted by molar-refractivity contribution is -0.0449. The molecular weight excluding hydrogens is 534 g/mol. The van der Waals surface area contributed by atoms with Crippen LogP contribution in [0.3, 0.4) is 0 Å². The van der Waals surface area contributed by atoms with Gasteiger partial charge >= 0.3 is 5.69 Å². The summed E-state index contributed by atoms with van der Waals surface area (Å²) >= 11 is 0. The first-order valence-corrected chi connectivity index (χ1v) is 15.6. The first-order chi connectivity index (χ1) is 18.6. The molecule has 0 bridgehead atoms. The number of benzene rings is 1. The number of sulfonamides is 1. The molecule has 2 N–H and O–H groups in total. The molecular formula is C28H45N5O6S. The summed E-state index contributed by atoms with van der Waals surface area (Å²) in [6, 6.07) is 7.87. The molecule has 2 heterocycles. The summed E-state index contributed by atoms with van der Waals surface area (Å²) in [5.41, 5.74) is -1.04. The molecule has 40 heavy (non-hydrogen) atoms. The Kier molecular flexibility index (Phi) is 10.1. The van der Waals surface area contributed by atoms with Gasteiger partial charge in [0.2, 0.25) is 10.0 Å². The van der Waals surface area contributed by atoms with Crippen LogP contribution in [-0.2, 0) is 10.0 Å². The molecule has 0 aliphatic carbocycles. The number of aromatic nitrogens is 2. The number of aliphatic hydroxyl groups excluding tert-OH is 1. The molecule has 2 aromatic rings. The second kappa shape index (κ2) is 12.8. The van der Waals surface area contributed by atoms with Crippen LogP contribution in [0.1, 0.15) is 67.0 Å². The van der Waals surface area contributed by atoms with Crippen LogP contribution in [0.25, 0.3) is 0 Å². The highest BCUT2D eigenvalue weighted by atomic mass is 32.2. The van der Waals surface area contributed by atoms with Crippen LogP contribution < -0.4 is 25.6 Å². The number of hydrogen-bond donors (Lipinski definition) is 2. The standard InChI is InChI=1S/C28H45N5O6S/c1-8-17-40(37,38)29-22-9-11-23(12-10-22)39-28(6,7)24(34)19-30-13-15-31(16-14-30)25-18-26(35)33(21(4)5)27(36)32(25)20(2)3/h9-12,18,20-21,24,29,34H,8,13-17,19H2,1-7H3. The molecule has 1 aromatic heterocycles. The van der Waals surface area contributed by atoms with E-state index in [4.69, 9.17) is 4.74 Å². The zero-order chi connectivity index (χ0) is 29.8. The predicted octanol–water partition coefficient (Wildman–Crippen LogP) is 2.66. The van der Waals surface area contributed by atoms with Gasteiger partial charge in [-0.2, -0.15) is 0 Å². The van der Waals surface area contributed by atoms with Gasteiger partial charge in [-0.25, -0.2) is 13.2 Å². The Labute approximate surface area is 237 Å². The summed E-state index contributed by atoms with van der Waals surface area (Å²) in [5.74, 6) is 1.21. The SMILES string of the molecule is CCCS(=O)(=O)Nc1ccc(OC(C)(C)C(O)CN2CCN(c3cc(=O)n(C(C)C)c(=O)n3C(C)C)CC2)cc1. The number of nitrogens with zero attached hydrogens (tertiary/aromatic N) is 4. The van der Waals surface area contributed by atoms with Crippen molar-refractivity contribution in [2.75, 3.05) is 48.1 Å². The van der Waals surface area contributed by atoms with E-state index in [1.165, 1.54) is 4.57 Å². The van der Waals surface area contributed by atoms with Gasteiger partial charge in [0.1, 0.15) is 23.3 Å². The van der Waals surface area contributed by atoms with Crippen LogP contribution >= 0.6 is 0 Å². The molecule has 0 radical (unpaired) electrons. The Morgan fingerprint density at radius 2 is 1.55 bits per heavy atom. The molecule has 0 saturated carbocycles. The summed E-state index contributed by atoms with van der Waals surface area (Å²) in [6.45, 7) is 15.9. The largest absolute Gasteiger partial charge is 0.485 e. The second-order valence-corrected chi connectivity index (χ2v) is 13.3. The van der Waals surface area contributed by atoms with Crippen molar-refractivity contribution in [3.8, 4) is 5.75 Å². The Balaban J connectivity index is 1.62. The Hall–Kier alpha value is -2.83. The molecule has 1 fully saturated rings. The maximum absolute atomic E-state index is 13.1. The molecule has 1 unspecified atom stereocenters. The van der Waals surface area contributed by atoms with Crippen molar-refractivity contribution in [2.45, 2.75) is 78.7 Å². The van der Waals surface area contributed by atoms with Gasteiger partial charge in [-0.1, -0.05) is 6.92 Å². The fraction of sp³-hybridized carbons (Fsp3) is 0.643. The van der Waals surface area contributed by atoms with E-state index in [-0.39, 0.29) is 29.1 Å². The van der Waals surface area contributed by atoms with E-state index in [0.717, 1.165) is 0 Å². The number of aliphatic hydroxyl groups is 1. The number of anilines is 2. The molecule has 3 rings (SSSR count). The van der Waals surface area contributed by atoms with Gasteiger partial charge in [0, 0.05) is 56.6 Å². The second-order valence-electron chi connectivity index (χ2n) is 11.5. The maximum Gasteiger partial charge on any atom is 0.333 e. The molecule has 12 heteroatoms. The summed E-state index contributed by atoms with van der Waals surface area (Å²) in [5, 5.41) is 11.1. The summed E-state index contributed by atoms with van der Waals surface area (Å²) in [7, 11) is -3.37. The zero-order valence-corrected chi connectivity index (χ0v) is 25.6. The third kappa shape index (κ3) is 7.67. The molecule has 1 aromatic carbocycles. The molecule has 11 nitrogen and oxygen atoms in total. The normalized spacial score (nSPS) is 16.0. The smallest absolute Gasteiger partial charge is 0.333 e. The highest BCUT2D eigenvalue weighted by Crippen LogP contribution is 2.25. The van der Waals surface area contributed by atoms with Crippen LogP contribution in [0.4, 0.5) is 11.5 Å². The van der Waals surface area contributed by atoms with Gasteiger partial charge in [0.15, 0.2) is 0 Å².